The third kappa shape index (κ3) is 5.93. The van der Waals surface area contributed by atoms with E-state index in [0.717, 1.165) is 27.3 Å². The minimum atomic E-state index is -0.314. The standard InChI is InChI=1S/C30H22ClFN2O2S/c31-24-5-3-4-22(16-24)19-34-26-6-1-2-7-27(26)37-28(30(34)36)17-20-8-12-23(13-9-20)29(35)33-18-21-10-14-25(32)15-11-21/h1-17H,18-19H2,(H,33,35)/b28-17+. The Bertz CT molecular complexity index is 1490. The smallest absolute Gasteiger partial charge is 0.265 e. The predicted molar refractivity (Wildman–Crippen MR) is 147 cm³/mol. The largest absolute Gasteiger partial charge is 0.348 e. The summed E-state index contributed by atoms with van der Waals surface area (Å²) in [7, 11) is 0. The lowest BCUT2D eigenvalue weighted by Gasteiger charge is -2.30. The normalized spacial score (nSPS) is 13.9. The number of fused-ring (bicyclic) bond motifs is 1. The van der Waals surface area contributed by atoms with E-state index in [1.54, 1.807) is 29.2 Å². The topological polar surface area (TPSA) is 49.4 Å². The number of halogens is 2. The lowest BCUT2D eigenvalue weighted by atomic mass is 10.1. The molecule has 4 aromatic rings. The third-order valence-corrected chi connectivity index (χ3v) is 7.21. The Morgan fingerprint density at radius 1 is 0.919 bits per heavy atom. The molecule has 0 fully saturated rings. The Labute approximate surface area is 223 Å². The zero-order valence-corrected chi connectivity index (χ0v) is 21.2. The molecule has 0 unspecified atom stereocenters. The Balaban J connectivity index is 1.33. The molecule has 1 aliphatic rings. The van der Waals surface area contributed by atoms with Gasteiger partial charge in [0, 0.05) is 22.0 Å². The molecule has 0 aromatic heterocycles. The zero-order valence-electron chi connectivity index (χ0n) is 19.7. The Morgan fingerprint density at radius 2 is 1.68 bits per heavy atom. The van der Waals surface area contributed by atoms with Crippen molar-refractivity contribution in [1.82, 2.24) is 5.32 Å². The summed E-state index contributed by atoms with van der Waals surface area (Å²) in [5.41, 5.74) is 3.93. The molecule has 37 heavy (non-hydrogen) atoms. The van der Waals surface area contributed by atoms with Crippen molar-refractivity contribution in [2.45, 2.75) is 18.0 Å². The van der Waals surface area contributed by atoms with Crippen LogP contribution in [0.25, 0.3) is 6.08 Å². The first-order valence-corrected chi connectivity index (χ1v) is 12.8. The highest BCUT2D eigenvalue weighted by Crippen LogP contribution is 2.42. The molecule has 7 heteroatoms. The van der Waals surface area contributed by atoms with E-state index in [9.17, 15) is 14.0 Å². The predicted octanol–water partition coefficient (Wildman–Crippen LogP) is 7.09. The van der Waals surface area contributed by atoms with Gasteiger partial charge >= 0.3 is 0 Å². The number of anilines is 1. The van der Waals surface area contributed by atoms with E-state index in [1.165, 1.54) is 23.9 Å². The molecule has 0 saturated carbocycles. The van der Waals surface area contributed by atoms with E-state index in [-0.39, 0.29) is 17.6 Å². The van der Waals surface area contributed by atoms with E-state index in [2.05, 4.69) is 5.32 Å². The highest BCUT2D eigenvalue weighted by Gasteiger charge is 2.29. The maximum absolute atomic E-state index is 13.5. The lowest BCUT2D eigenvalue weighted by Crippen LogP contribution is -2.33. The van der Waals surface area contributed by atoms with Gasteiger partial charge in [-0.3, -0.25) is 9.59 Å². The van der Waals surface area contributed by atoms with Crippen molar-refractivity contribution in [2.75, 3.05) is 4.90 Å². The van der Waals surface area contributed by atoms with Gasteiger partial charge in [-0.05, 0) is 71.3 Å². The first kappa shape index (κ1) is 24.8. The van der Waals surface area contributed by atoms with E-state index < -0.39 is 0 Å². The van der Waals surface area contributed by atoms with Crippen molar-refractivity contribution in [3.05, 3.63) is 135 Å². The molecule has 4 nitrogen and oxygen atoms in total. The summed E-state index contributed by atoms with van der Waals surface area (Å²) in [6.45, 7) is 0.708. The fourth-order valence-corrected chi connectivity index (χ4v) is 5.28. The van der Waals surface area contributed by atoms with Gasteiger partial charge in [-0.1, -0.05) is 71.9 Å². The number of para-hydroxylation sites is 1. The summed E-state index contributed by atoms with van der Waals surface area (Å²) in [6.07, 6.45) is 1.84. The summed E-state index contributed by atoms with van der Waals surface area (Å²) >= 11 is 7.60. The first-order valence-electron chi connectivity index (χ1n) is 11.6. The number of carbonyl (C=O) groups is 2. The third-order valence-electron chi connectivity index (χ3n) is 5.90. The molecule has 1 aliphatic heterocycles. The summed E-state index contributed by atoms with van der Waals surface area (Å²) in [6, 6.07) is 28.4. The maximum atomic E-state index is 13.5. The summed E-state index contributed by atoms with van der Waals surface area (Å²) < 4.78 is 13.1. The monoisotopic (exact) mass is 528 g/mol. The van der Waals surface area contributed by atoms with Gasteiger partial charge < -0.3 is 10.2 Å². The second-order valence-electron chi connectivity index (χ2n) is 8.53. The van der Waals surface area contributed by atoms with Crippen LogP contribution in [0.3, 0.4) is 0 Å². The van der Waals surface area contributed by atoms with Crippen LogP contribution in [0.1, 0.15) is 27.0 Å². The second kappa shape index (κ2) is 11.0. The molecule has 1 heterocycles. The van der Waals surface area contributed by atoms with Crippen LogP contribution in [0, 0.1) is 5.82 Å². The van der Waals surface area contributed by atoms with Crippen LogP contribution < -0.4 is 10.2 Å². The Hall–Kier alpha value is -3.87. The number of rotatable bonds is 6. The van der Waals surface area contributed by atoms with Crippen LogP contribution in [0.4, 0.5) is 10.1 Å². The molecular weight excluding hydrogens is 507 g/mol. The number of hydrogen-bond acceptors (Lipinski definition) is 3. The van der Waals surface area contributed by atoms with Crippen LogP contribution in [0.2, 0.25) is 5.02 Å². The van der Waals surface area contributed by atoms with Gasteiger partial charge in [0.15, 0.2) is 0 Å². The molecule has 184 valence electrons. The molecule has 5 rings (SSSR count). The average molecular weight is 529 g/mol. The average Bonchev–Trinajstić information content (AvgIpc) is 2.91. The number of nitrogens with zero attached hydrogens (tertiary/aromatic N) is 1. The van der Waals surface area contributed by atoms with E-state index in [4.69, 9.17) is 11.6 Å². The Morgan fingerprint density at radius 3 is 2.43 bits per heavy atom. The van der Waals surface area contributed by atoms with Crippen LogP contribution in [-0.2, 0) is 17.9 Å². The van der Waals surface area contributed by atoms with E-state index in [0.29, 0.717) is 28.6 Å². The lowest BCUT2D eigenvalue weighted by molar-refractivity contribution is -0.114. The fourth-order valence-electron chi connectivity index (χ4n) is 4.01. The molecule has 1 N–H and O–H groups in total. The van der Waals surface area contributed by atoms with Gasteiger partial charge in [0.25, 0.3) is 11.8 Å². The fraction of sp³-hybridized carbons (Fsp3) is 0.0667. The van der Waals surface area contributed by atoms with Gasteiger partial charge in [-0.25, -0.2) is 4.39 Å². The number of hydrogen-bond donors (Lipinski definition) is 1. The number of thioether (sulfide) groups is 1. The van der Waals surface area contributed by atoms with Crippen molar-refractivity contribution in [1.29, 1.82) is 0 Å². The summed E-state index contributed by atoms with van der Waals surface area (Å²) in [5.74, 6) is -0.636. The van der Waals surface area contributed by atoms with Crippen molar-refractivity contribution in [3.63, 3.8) is 0 Å². The minimum absolute atomic E-state index is 0.0928. The van der Waals surface area contributed by atoms with Crippen LogP contribution in [0.15, 0.2) is 107 Å². The van der Waals surface area contributed by atoms with E-state index in [1.807, 2.05) is 66.7 Å². The summed E-state index contributed by atoms with van der Waals surface area (Å²) in [4.78, 5) is 29.4. The molecule has 0 aliphatic carbocycles. The highest BCUT2D eigenvalue weighted by molar-refractivity contribution is 8.04. The van der Waals surface area contributed by atoms with Gasteiger partial charge in [0.1, 0.15) is 5.82 Å². The molecule has 2 amide bonds. The van der Waals surface area contributed by atoms with Gasteiger partial charge in [-0.2, -0.15) is 0 Å². The molecule has 0 bridgehead atoms. The van der Waals surface area contributed by atoms with Crippen LogP contribution in [0.5, 0.6) is 0 Å². The molecule has 0 radical (unpaired) electrons. The number of amides is 2. The Kier molecular flexibility index (Phi) is 7.40. The maximum Gasteiger partial charge on any atom is 0.265 e. The van der Waals surface area contributed by atoms with Crippen LogP contribution in [-0.4, -0.2) is 11.8 Å². The molecule has 0 spiro atoms. The van der Waals surface area contributed by atoms with Gasteiger partial charge in [0.2, 0.25) is 0 Å². The van der Waals surface area contributed by atoms with Crippen molar-refractivity contribution in [3.8, 4) is 0 Å². The number of benzene rings is 4. The highest BCUT2D eigenvalue weighted by atomic mass is 35.5. The molecule has 0 saturated heterocycles. The van der Waals surface area contributed by atoms with Crippen molar-refractivity contribution in [2.24, 2.45) is 0 Å². The summed E-state index contributed by atoms with van der Waals surface area (Å²) in [5, 5.41) is 3.46. The SMILES string of the molecule is O=C(NCc1ccc(F)cc1)c1ccc(/C=C2/Sc3ccccc3N(Cc3cccc(Cl)c3)C2=O)cc1. The second-order valence-corrected chi connectivity index (χ2v) is 10.1. The molecule has 4 aromatic carbocycles. The molecule has 0 atom stereocenters. The first-order chi connectivity index (χ1) is 18.0. The van der Waals surface area contributed by atoms with Gasteiger partial charge in [-0.15, -0.1) is 0 Å². The van der Waals surface area contributed by atoms with Crippen LogP contribution >= 0.6 is 23.4 Å². The number of carbonyl (C=O) groups excluding carboxylic acids is 2. The molecular formula is C30H22ClFN2O2S. The quantitative estimate of drug-likeness (QED) is 0.272. The van der Waals surface area contributed by atoms with Crippen molar-refractivity contribution >= 4 is 46.9 Å². The van der Waals surface area contributed by atoms with Crippen molar-refractivity contribution < 1.29 is 14.0 Å². The minimum Gasteiger partial charge on any atom is -0.348 e. The van der Waals surface area contributed by atoms with E-state index >= 15 is 0 Å². The zero-order chi connectivity index (χ0) is 25.8. The number of nitrogens with one attached hydrogen (secondary N) is 1. The van der Waals surface area contributed by atoms with Gasteiger partial charge in [0.05, 0.1) is 17.1 Å².